The van der Waals surface area contributed by atoms with Gasteiger partial charge in [-0.25, -0.2) is 8.78 Å². The highest BCUT2D eigenvalue weighted by Crippen LogP contribution is 2.39. The number of nitrogens with one attached hydrogen (secondary N) is 1. The molecule has 3 unspecified atom stereocenters. The molecule has 36 heavy (non-hydrogen) atoms. The molecule has 3 aromatic rings. The Morgan fingerprint density at radius 2 is 1.75 bits per heavy atom. The van der Waals surface area contributed by atoms with Crippen LogP contribution in [0.5, 0.6) is 0 Å². The number of benzene rings is 2. The number of hydrogen-bond donors (Lipinski definition) is 1. The lowest BCUT2D eigenvalue weighted by Crippen LogP contribution is -2.29. The fourth-order valence-electron chi connectivity index (χ4n) is 4.88. The van der Waals surface area contributed by atoms with Gasteiger partial charge in [-0.05, 0) is 73.4 Å². The molecule has 0 saturated heterocycles. The normalized spacial score (nSPS) is 18.4. The van der Waals surface area contributed by atoms with Gasteiger partial charge in [-0.3, -0.25) is 19.4 Å². The van der Waals surface area contributed by atoms with Gasteiger partial charge in [-0.1, -0.05) is 23.7 Å². The van der Waals surface area contributed by atoms with E-state index in [4.69, 9.17) is 11.6 Å². The predicted octanol–water partition coefficient (Wildman–Crippen LogP) is 5.81. The molecule has 1 N–H and O–H groups in total. The number of Topliss-reactive ketones (excluding diaryl/α,β-unsaturated/α-hetero) is 2. The lowest BCUT2D eigenvalue weighted by Gasteiger charge is -2.18. The minimum absolute atomic E-state index is 0.0180. The summed E-state index contributed by atoms with van der Waals surface area (Å²) in [6.07, 6.45) is 1.23. The number of carbonyl (C=O) groups is 3. The Bertz CT molecular complexity index is 1330. The molecule has 0 radical (unpaired) electrons. The average molecular weight is 511 g/mol. The van der Waals surface area contributed by atoms with Gasteiger partial charge in [0.15, 0.2) is 11.6 Å². The average Bonchev–Trinajstić information content (AvgIpc) is 3.06. The SMILES string of the molecule is Cc1cc(-c2ncc(Cl)cc2F)cc(C)c1C1C(=O)CC(CC(=O)NC(C)c2ccc(F)cc2)C1=O. The van der Waals surface area contributed by atoms with Crippen LogP contribution < -0.4 is 5.32 Å². The zero-order valence-electron chi connectivity index (χ0n) is 20.1. The molecule has 4 rings (SSSR count). The Morgan fingerprint density at radius 1 is 1.11 bits per heavy atom. The molecule has 2 aromatic carbocycles. The van der Waals surface area contributed by atoms with Gasteiger partial charge in [0.25, 0.3) is 0 Å². The Morgan fingerprint density at radius 3 is 2.36 bits per heavy atom. The Kier molecular flexibility index (Phi) is 7.31. The van der Waals surface area contributed by atoms with Crippen LogP contribution in [0.15, 0.2) is 48.7 Å². The first-order valence-corrected chi connectivity index (χ1v) is 12.0. The van der Waals surface area contributed by atoms with Crippen molar-refractivity contribution in [2.45, 2.75) is 45.6 Å². The zero-order valence-corrected chi connectivity index (χ0v) is 20.8. The molecule has 1 aromatic heterocycles. The highest BCUT2D eigenvalue weighted by Gasteiger charge is 2.44. The number of rotatable bonds is 6. The third-order valence-electron chi connectivity index (χ3n) is 6.60. The van der Waals surface area contributed by atoms with Crippen molar-refractivity contribution >= 4 is 29.1 Å². The van der Waals surface area contributed by atoms with E-state index < -0.39 is 17.7 Å². The molecule has 3 atom stereocenters. The first-order chi connectivity index (χ1) is 17.0. The van der Waals surface area contributed by atoms with E-state index in [1.54, 1.807) is 45.0 Å². The van der Waals surface area contributed by atoms with Crippen LogP contribution in [0.1, 0.15) is 54.0 Å². The fraction of sp³-hybridized carbons (Fsp3) is 0.286. The molecule has 1 saturated carbocycles. The molecule has 1 aliphatic carbocycles. The first kappa shape index (κ1) is 25.6. The van der Waals surface area contributed by atoms with Crippen LogP contribution in [0.25, 0.3) is 11.3 Å². The van der Waals surface area contributed by atoms with E-state index in [9.17, 15) is 23.2 Å². The number of halogens is 3. The molecule has 0 bridgehead atoms. The van der Waals surface area contributed by atoms with Crippen LogP contribution in [0.2, 0.25) is 5.02 Å². The standard InChI is InChI=1S/C28H25ClF2N2O3/c1-14-8-18(27-22(31)12-20(29)13-32-27)9-15(2)25(14)26-23(34)10-19(28(26)36)11-24(35)33-16(3)17-4-6-21(30)7-5-17/h4-9,12-13,16,19,26H,10-11H2,1-3H3,(H,33,35). The number of pyridine rings is 1. The monoisotopic (exact) mass is 510 g/mol. The van der Waals surface area contributed by atoms with E-state index in [0.717, 1.165) is 5.56 Å². The molecule has 1 amide bonds. The van der Waals surface area contributed by atoms with E-state index >= 15 is 0 Å². The summed E-state index contributed by atoms with van der Waals surface area (Å²) in [5.41, 5.74) is 3.31. The van der Waals surface area contributed by atoms with Crippen LogP contribution in [0, 0.1) is 31.4 Å². The van der Waals surface area contributed by atoms with Crippen molar-refractivity contribution in [2.75, 3.05) is 0 Å². The van der Waals surface area contributed by atoms with E-state index in [2.05, 4.69) is 10.3 Å². The number of hydrogen-bond acceptors (Lipinski definition) is 4. The molecule has 0 aliphatic heterocycles. The smallest absolute Gasteiger partial charge is 0.221 e. The summed E-state index contributed by atoms with van der Waals surface area (Å²) < 4.78 is 27.6. The molecule has 1 fully saturated rings. The molecule has 8 heteroatoms. The predicted molar refractivity (Wildman–Crippen MR) is 133 cm³/mol. The first-order valence-electron chi connectivity index (χ1n) is 11.6. The summed E-state index contributed by atoms with van der Waals surface area (Å²) in [5, 5.41) is 3.00. The van der Waals surface area contributed by atoms with Crippen molar-refractivity contribution < 1.29 is 23.2 Å². The summed E-state index contributed by atoms with van der Waals surface area (Å²) in [4.78, 5) is 42.9. The van der Waals surface area contributed by atoms with Gasteiger partial charge in [0, 0.05) is 30.5 Å². The maximum Gasteiger partial charge on any atom is 0.221 e. The van der Waals surface area contributed by atoms with Crippen molar-refractivity contribution in [3.8, 4) is 11.3 Å². The van der Waals surface area contributed by atoms with Crippen molar-refractivity contribution in [2.24, 2.45) is 5.92 Å². The maximum absolute atomic E-state index is 14.4. The summed E-state index contributed by atoms with van der Waals surface area (Å²) >= 11 is 5.80. The van der Waals surface area contributed by atoms with Gasteiger partial charge in [0.05, 0.1) is 11.1 Å². The fourth-order valence-corrected chi connectivity index (χ4v) is 5.03. The lowest BCUT2D eigenvalue weighted by molar-refractivity contribution is -0.128. The molecule has 0 spiro atoms. The zero-order chi connectivity index (χ0) is 26.1. The van der Waals surface area contributed by atoms with E-state index in [0.29, 0.717) is 22.3 Å². The number of aryl methyl sites for hydroxylation is 2. The summed E-state index contributed by atoms with van der Waals surface area (Å²) in [5.74, 6) is -3.51. The highest BCUT2D eigenvalue weighted by atomic mass is 35.5. The number of aromatic nitrogens is 1. The van der Waals surface area contributed by atoms with Crippen LogP contribution in [-0.4, -0.2) is 22.5 Å². The summed E-state index contributed by atoms with van der Waals surface area (Å²) in [6.45, 7) is 5.30. The molecule has 186 valence electrons. The topological polar surface area (TPSA) is 76.1 Å². The van der Waals surface area contributed by atoms with E-state index in [1.807, 2.05) is 0 Å². The minimum atomic E-state index is -0.964. The molecule has 5 nitrogen and oxygen atoms in total. The van der Waals surface area contributed by atoms with Gasteiger partial charge in [-0.2, -0.15) is 0 Å². The largest absolute Gasteiger partial charge is 0.350 e. The van der Waals surface area contributed by atoms with Gasteiger partial charge < -0.3 is 5.32 Å². The van der Waals surface area contributed by atoms with Crippen molar-refractivity contribution in [3.05, 3.63) is 87.6 Å². The number of amides is 1. The second-order valence-corrected chi connectivity index (χ2v) is 9.69. The molecular formula is C28H25ClF2N2O3. The molecule has 1 aliphatic rings. The second kappa shape index (κ2) is 10.3. The number of ketones is 2. The summed E-state index contributed by atoms with van der Waals surface area (Å²) in [7, 11) is 0. The summed E-state index contributed by atoms with van der Waals surface area (Å²) in [6, 6.07) is 10.0. The van der Waals surface area contributed by atoms with Crippen molar-refractivity contribution in [3.63, 3.8) is 0 Å². The molecular weight excluding hydrogens is 486 g/mol. The minimum Gasteiger partial charge on any atom is -0.350 e. The molecule has 1 heterocycles. The Hall–Kier alpha value is -3.45. The van der Waals surface area contributed by atoms with E-state index in [-0.39, 0.29) is 52.9 Å². The second-order valence-electron chi connectivity index (χ2n) is 9.26. The lowest BCUT2D eigenvalue weighted by atomic mass is 9.85. The number of carbonyl (C=O) groups excluding carboxylic acids is 3. The van der Waals surface area contributed by atoms with Gasteiger partial charge in [-0.15, -0.1) is 0 Å². The van der Waals surface area contributed by atoms with E-state index in [1.165, 1.54) is 24.4 Å². The van der Waals surface area contributed by atoms with Crippen LogP contribution in [-0.2, 0) is 14.4 Å². The quantitative estimate of drug-likeness (QED) is 0.425. The van der Waals surface area contributed by atoms with Crippen molar-refractivity contribution in [1.29, 1.82) is 0 Å². The van der Waals surface area contributed by atoms with Crippen LogP contribution in [0.3, 0.4) is 0 Å². The highest BCUT2D eigenvalue weighted by molar-refractivity contribution is 6.30. The van der Waals surface area contributed by atoms with Crippen LogP contribution in [0.4, 0.5) is 8.78 Å². The van der Waals surface area contributed by atoms with Gasteiger partial charge in [0.1, 0.15) is 23.2 Å². The Labute approximate surface area is 212 Å². The van der Waals surface area contributed by atoms with Gasteiger partial charge in [0.2, 0.25) is 5.91 Å². The number of nitrogens with zero attached hydrogens (tertiary/aromatic N) is 1. The third kappa shape index (κ3) is 5.21. The van der Waals surface area contributed by atoms with Crippen LogP contribution >= 0.6 is 11.6 Å². The van der Waals surface area contributed by atoms with Crippen molar-refractivity contribution in [1.82, 2.24) is 10.3 Å². The Balaban J connectivity index is 1.51. The third-order valence-corrected chi connectivity index (χ3v) is 6.81. The van der Waals surface area contributed by atoms with Gasteiger partial charge >= 0.3 is 0 Å². The maximum atomic E-state index is 14.4.